The van der Waals surface area contributed by atoms with Crippen molar-refractivity contribution in [3.63, 3.8) is 0 Å². The van der Waals surface area contributed by atoms with Crippen LogP contribution >= 0.6 is 0 Å². The molecule has 0 aliphatic rings. The number of hydrogen-bond acceptors (Lipinski definition) is 1. The van der Waals surface area contributed by atoms with Gasteiger partial charge in [0, 0.05) is 0 Å². The van der Waals surface area contributed by atoms with Crippen molar-refractivity contribution >= 4 is 0 Å². The third kappa shape index (κ3) is 4.93. The molecule has 0 radical (unpaired) electrons. The minimum atomic E-state index is -0.207. The van der Waals surface area contributed by atoms with Crippen molar-refractivity contribution in [2.24, 2.45) is 10.8 Å². The second-order valence-corrected chi connectivity index (χ2v) is 4.68. The third-order valence-electron chi connectivity index (χ3n) is 2.86. The van der Waals surface area contributed by atoms with E-state index < -0.39 is 0 Å². The van der Waals surface area contributed by atoms with Gasteiger partial charge in [0.25, 0.3) is 0 Å². The molecule has 0 aromatic heterocycles. The maximum Gasteiger partial charge on any atom is 0.0689 e. The van der Waals surface area contributed by atoms with Crippen LogP contribution in [0, 0.1) is 22.2 Å². The highest BCUT2D eigenvalue weighted by atomic mass is 14.4. The van der Waals surface area contributed by atoms with Crippen LogP contribution in [0.1, 0.15) is 61.3 Å². The number of nitrogens with zero attached hydrogens (tertiary/aromatic N) is 1. The first-order valence-electron chi connectivity index (χ1n) is 5.20. The Kier molecular flexibility index (Phi) is 6.94. The Morgan fingerprint density at radius 3 is 1.38 bits per heavy atom. The van der Waals surface area contributed by atoms with Crippen molar-refractivity contribution < 1.29 is 0 Å². The van der Waals surface area contributed by atoms with E-state index in [1.807, 2.05) is 13.8 Å². The van der Waals surface area contributed by atoms with Crippen molar-refractivity contribution in [1.29, 1.82) is 5.26 Å². The molecule has 0 aliphatic heterocycles. The maximum atomic E-state index is 8.81. The second kappa shape index (κ2) is 6.02. The average molecular weight is 183 g/mol. The highest BCUT2D eigenvalue weighted by molar-refractivity contribution is 5.00. The van der Waals surface area contributed by atoms with E-state index in [0.717, 1.165) is 6.42 Å². The first kappa shape index (κ1) is 15.0. The van der Waals surface area contributed by atoms with Crippen molar-refractivity contribution in [2.45, 2.75) is 61.3 Å². The molecular weight excluding hydrogens is 158 g/mol. The van der Waals surface area contributed by atoms with E-state index in [0.29, 0.717) is 0 Å². The molecule has 0 unspecified atom stereocenters. The normalized spacial score (nSPS) is 11.2. The van der Waals surface area contributed by atoms with Gasteiger partial charge < -0.3 is 0 Å². The van der Waals surface area contributed by atoms with E-state index in [2.05, 4.69) is 40.7 Å². The molecule has 13 heavy (non-hydrogen) atoms. The summed E-state index contributed by atoms with van der Waals surface area (Å²) in [5.41, 5.74) is -0.0799. The van der Waals surface area contributed by atoms with Gasteiger partial charge in [0.15, 0.2) is 0 Å². The molecular formula is C12H25N. The van der Waals surface area contributed by atoms with Crippen LogP contribution in [0.25, 0.3) is 0 Å². The molecule has 0 atom stereocenters. The highest BCUT2D eigenvalue weighted by Crippen LogP contribution is 2.40. The predicted molar refractivity (Wildman–Crippen MR) is 59.4 cm³/mol. The molecule has 0 heterocycles. The van der Waals surface area contributed by atoms with Gasteiger partial charge in [-0.1, -0.05) is 41.0 Å². The SMILES string of the molecule is CCC.CCC(C)(C)C(C)(C)C#N. The molecule has 0 bridgehead atoms. The molecule has 0 fully saturated rings. The van der Waals surface area contributed by atoms with Crippen LogP contribution in [-0.4, -0.2) is 0 Å². The molecule has 78 valence electrons. The summed E-state index contributed by atoms with van der Waals surface area (Å²) in [6, 6.07) is 2.33. The molecule has 0 aromatic rings. The Morgan fingerprint density at radius 1 is 1.00 bits per heavy atom. The Morgan fingerprint density at radius 2 is 1.31 bits per heavy atom. The van der Waals surface area contributed by atoms with E-state index in [1.54, 1.807) is 0 Å². The Bertz CT molecular complexity index is 160. The standard InChI is InChI=1S/C9H17N.C3H8/c1-6-8(2,3)9(4,5)7-10;1-3-2/h6H2,1-5H3;3H2,1-2H3. The lowest BCUT2D eigenvalue weighted by Gasteiger charge is -2.34. The fraction of sp³-hybridized carbons (Fsp3) is 0.917. The molecule has 0 aliphatic carbocycles. The molecule has 1 heteroatoms. The summed E-state index contributed by atoms with van der Waals surface area (Å²) < 4.78 is 0. The lowest BCUT2D eigenvalue weighted by atomic mass is 9.67. The second-order valence-electron chi connectivity index (χ2n) is 4.68. The molecule has 0 saturated carbocycles. The Balaban J connectivity index is 0. The highest BCUT2D eigenvalue weighted by Gasteiger charge is 2.35. The van der Waals surface area contributed by atoms with Crippen LogP contribution in [0.3, 0.4) is 0 Å². The Hall–Kier alpha value is -0.510. The summed E-state index contributed by atoms with van der Waals surface area (Å²) in [4.78, 5) is 0. The molecule has 0 aromatic carbocycles. The van der Waals surface area contributed by atoms with Crippen molar-refractivity contribution in [1.82, 2.24) is 0 Å². The van der Waals surface area contributed by atoms with Gasteiger partial charge in [0.2, 0.25) is 0 Å². The van der Waals surface area contributed by atoms with Crippen LogP contribution in [0.15, 0.2) is 0 Å². The summed E-state index contributed by atoms with van der Waals surface area (Å²) in [7, 11) is 0. The quantitative estimate of drug-likeness (QED) is 0.623. The first-order valence-corrected chi connectivity index (χ1v) is 5.20. The zero-order chi connectivity index (χ0) is 11.1. The van der Waals surface area contributed by atoms with Gasteiger partial charge in [0.1, 0.15) is 0 Å². The first-order chi connectivity index (χ1) is 5.79. The van der Waals surface area contributed by atoms with Gasteiger partial charge in [-0.15, -0.1) is 0 Å². The zero-order valence-electron chi connectivity index (χ0n) is 10.4. The minimum Gasteiger partial charge on any atom is -0.198 e. The van der Waals surface area contributed by atoms with E-state index in [9.17, 15) is 0 Å². The van der Waals surface area contributed by atoms with Gasteiger partial charge in [-0.3, -0.25) is 0 Å². The summed E-state index contributed by atoms with van der Waals surface area (Å²) >= 11 is 0. The topological polar surface area (TPSA) is 23.8 Å². The van der Waals surface area contributed by atoms with Crippen LogP contribution in [0.4, 0.5) is 0 Å². The van der Waals surface area contributed by atoms with Crippen molar-refractivity contribution in [3.8, 4) is 6.07 Å². The van der Waals surface area contributed by atoms with Gasteiger partial charge >= 0.3 is 0 Å². The predicted octanol–water partition coefficient (Wildman–Crippen LogP) is 4.39. The molecule has 0 spiro atoms. The van der Waals surface area contributed by atoms with Crippen molar-refractivity contribution in [3.05, 3.63) is 0 Å². The van der Waals surface area contributed by atoms with Gasteiger partial charge in [-0.2, -0.15) is 5.26 Å². The van der Waals surface area contributed by atoms with E-state index >= 15 is 0 Å². The zero-order valence-corrected chi connectivity index (χ0v) is 10.4. The molecule has 0 rings (SSSR count). The van der Waals surface area contributed by atoms with E-state index in [1.165, 1.54) is 6.42 Å². The molecule has 0 saturated heterocycles. The fourth-order valence-electron chi connectivity index (χ4n) is 0.593. The summed E-state index contributed by atoms with van der Waals surface area (Å²) in [6.07, 6.45) is 2.30. The van der Waals surface area contributed by atoms with E-state index in [4.69, 9.17) is 5.26 Å². The maximum absolute atomic E-state index is 8.81. The van der Waals surface area contributed by atoms with Crippen LogP contribution in [-0.2, 0) is 0 Å². The van der Waals surface area contributed by atoms with Gasteiger partial charge in [-0.05, 0) is 25.7 Å². The van der Waals surface area contributed by atoms with Crippen LogP contribution in [0.5, 0.6) is 0 Å². The number of hydrogen-bond donors (Lipinski definition) is 0. The van der Waals surface area contributed by atoms with Gasteiger partial charge in [-0.25, -0.2) is 0 Å². The average Bonchev–Trinajstić information content (AvgIpc) is 2.05. The van der Waals surface area contributed by atoms with Crippen LogP contribution < -0.4 is 0 Å². The monoisotopic (exact) mass is 183 g/mol. The summed E-state index contributed by atoms with van der Waals surface area (Å²) in [6.45, 7) is 14.6. The largest absolute Gasteiger partial charge is 0.198 e. The van der Waals surface area contributed by atoms with E-state index in [-0.39, 0.29) is 10.8 Å². The lowest BCUT2D eigenvalue weighted by molar-refractivity contribution is 0.167. The summed E-state index contributed by atoms with van der Waals surface area (Å²) in [5.74, 6) is 0. The van der Waals surface area contributed by atoms with Crippen molar-refractivity contribution in [2.75, 3.05) is 0 Å². The smallest absolute Gasteiger partial charge is 0.0689 e. The molecule has 1 nitrogen and oxygen atoms in total. The summed E-state index contributed by atoms with van der Waals surface area (Å²) in [5, 5.41) is 8.81. The minimum absolute atomic E-state index is 0.127. The number of rotatable bonds is 2. The third-order valence-corrected chi connectivity index (χ3v) is 2.86. The molecule has 0 N–H and O–H groups in total. The fourth-order valence-corrected chi connectivity index (χ4v) is 0.593. The molecule has 0 amide bonds. The lowest BCUT2D eigenvalue weighted by Crippen LogP contribution is -2.30. The van der Waals surface area contributed by atoms with Crippen LogP contribution in [0.2, 0.25) is 0 Å². The Labute approximate surface area is 84.2 Å². The van der Waals surface area contributed by atoms with Gasteiger partial charge in [0.05, 0.1) is 11.5 Å². The number of nitriles is 1.